The summed E-state index contributed by atoms with van der Waals surface area (Å²) in [5.41, 5.74) is 1.87. The Morgan fingerprint density at radius 2 is 1.82 bits per heavy atom. The zero-order valence-corrected chi connectivity index (χ0v) is 25.1. The Morgan fingerprint density at radius 3 is 2.48 bits per heavy atom. The molecule has 0 bridgehead atoms. The molecule has 1 amide bonds. The fraction of sp³-hybridized carbons (Fsp3) is 0.567. The molecule has 2 N–H and O–H groups in total. The summed E-state index contributed by atoms with van der Waals surface area (Å²) in [4.78, 5) is 13.7. The third-order valence-electron chi connectivity index (χ3n) is 8.42. The van der Waals surface area contributed by atoms with Crippen molar-refractivity contribution in [1.29, 1.82) is 0 Å². The molecule has 0 spiro atoms. The van der Waals surface area contributed by atoms with Crippen LogP contribution in [0.5, 0.6) is 0 Å². The normalized spacial score (nSPS) is 22.5. The van der Waals surface area contributed by atoms with Gasteiger partial charge < -0.3 is 15.4 Å². The molecule has 2 aliphatic rings. The van der Waals surface area contributed by atoms with E-state index >= 15 is 4.39 Å². The van der Waals surface area contributed by atoms with Gasteiger partial charge in [-0.3, -0.25) is 4.79 Å². The summed E-state index contributed by atoms with van der Waals surface area (Å²) in [5, 5.41) is 6.99. The van der Waals surface area contributed by atoms with Gasteiger partial charge in [0.05, 0.1) is 6.26 Å². The van der Waals surface area contributed by atoms with Crippen molar-refractivity contribution in [2.75, 3.05) is 37.9 Å². The van der Waals surface area contributed by atoms with Crippen LogP contribution in [0.1, 0.15) is 56.6 Å². The number of carbonyl (C=O) groups excluding carboxylic acids is 1. The van der Waals surface area contributed by atoms with Crippen LogP contribution < -0.4 is 10.6 Å². The molecule has 2 fully saturated rings. The Hall–Kier alpha value is -2.04. The summed E-state index contributed by atoms with van der Waals surface area (Å²) in [6.45, 7) is 6.32. The third-order valence-corrected chi connectivity index (χ3v) is 10.0. The number of amides is 1. The molecule has 4 rings (SSSR count). The van der Waals surface area contributed by atoms with Gasteiger partial charge in [-0.05, 0) is 73.8 Å². The lowest BCUT2D eigenvalue weighted by Crippen LogP contribution is -2.58. The van der Waals surface area contributed by atoms with Crippen molar-refractivity contribution in [2.24, 2.45) is 11.8 Å². The average molecular weight is 594 g/mol. The Morgan fingerprint density at radius 1 is 1.15 bits per heavy atom. The molecule has 1 unspecified atom stereocenters. The number of sulfonamides is 1. The van der Waals surface area contributed by atoms with E-state index in [0.29, 0.717) is 61.8 Å². The van der Waals surface area contributed by atoms with E-state index in [4.69, 9.17) is 16.3 Å². The quantitative estimate of drug-likeness (QED) is 0.395. The van der Waals surface area contributed by atoms with Crippen LogP contribution in [0.2, 0.25) is 5.02 Å². The molecular weight excluding hydrogens is 553 g/mol. The van der Waals surface area contributed by atoms with Gasteiger partial charge >= 0.3 is 0 Å². The van der Waals surface area contributed by atoms with E-state index in [9.17, 15) is 13.2 Å². The highest BCUT2D eigenvalue weighted by molar-refractivity contribution is 7.88. The van der Waals surface area contributed by atoms with Crippen LogP contribution in [-0.2, 0) is 26.0 Å². The summed E-state index contributed by atoms with van der Waals surface area (Å²) in [5.74, 6) is -0.739. The highest BCUT2D eigenvalue weighted by Gasteiger charge is 2.36. The smallest absolute Gasteiger partial charge is 0.227 e. The summed E-state index contributed by atoms with van der Waals surface area (Å²) in [6, 6.07) is 11.9. The fourth-order valence-electron chi connectivity index (χ4n) is 6.37. The largest absolute Gasteiger partial charge is 0.381 e. The van der Waals surface area contributed by atoms with Crippen LogP contribution in [0.25, 0.3) is 0 Å². The number of ether oxygens (including phenoxy) is 1. The minimum absolute atomic E-state index is 0.0409. The van der Waals surface area contributed by atoms with Gasteiger partial charge in [-0.2, -0.15) is 4.31 Å². The number of rotatable bonds is 10. The number of carbonyl (C=O) groups is 1. The van der Waals surface area contributed by atoms with Crippen LogP contribution in [0, 0.1) is 17.7 Å². The van der Waals surface area contributed by atoms with Crippen molar-refractivity contribution in [3.05, 3.63) is 64.4 Å². The van der Waals surface area contributed by atoms with Gasteiger partial charge in [-0.15, -0.1) is 0 Å². The lowest BCUT2D eigenvalue weighted by molar-refractivity contribution is -0.120. The molecule has 0 aliphatic carbocycles. The lowest BCUT2D eigenvalue weighted by atomic mass is 9.74. The van der Waals surface area contributed by atoms with Crippen LogP contribution in [0.4, 0.5) is 10.1 Å². The fourth-order valence-corrected chi connectivity index (χ4v) is 7.98. The molecule has 2 aliphatic heterocycles. The maximum absolute atomic E-state index is 15.2. The molecule has 2 saturated heterocycles. The number of hydrogen-bond donors (Lipinski definition) is 2. The van der Waals surface area contributed by atoms with Gasteiger partial charge in [0.15, 0.2) is 0 Å². The predicted octanol–water partition coefficient (Wildman–Crippen LogP) is 5.21. The number of piperazine rings is 1. The van der Waals surface area contributed by atoms with Crippen LogP contribution in [-0.4, -0.2) is 63.3 Å². The van der Waals surface area contributed by atoms with E-state index in [1.165, 1.54) is 12.3 Å². The summed E-state index contributed by atoms with van der Waals surface area (Å²) < 4.78 is 47.5. The molecule has 2 aromatic carbocycles. The Balaban J connectivity index is 1.53. The number of anilines is 1. The molecular formula is C30H41ClFN3O4S. The van der Waals surface area contributed by atoms with Crippen molar-refractivity contribution in [3.63, 3.8) is 0 Å². The predicted molar refractivity (Wildman–Crippen MR) is 158 cm³/mol. The summed E-state index contributed by atoms with van der Waals surface area (Å²) in [6.07, 6.45) is 4.39. The second kappa shape index (κ2) is 13.7. The van der Waals surface area contributed by atoms with E-state index in [1.807, 2.05) is 38.1 Å². The van der Waals surface area contributed by atoms with E-state index in [-0.39, 0.29) is 35.7 Å². The van der Waals surface area contributed by atoms with E-state index in [2.05, 4.69) is 10.6 Å². The molecule has 0 saturated carbocycles. The maximum Gasteiger partial charge on any atom is 0.227 e. The second-order valence-corrected chi connectivity index (χ2v) is 13.4. The van der Waals surface area contributed by atoms with Crippen molar-refractivity contribution in [1.82, 2.24) is 9.62 Å². The number of benzene rings is 2. The Bertz CT molecular complexity index is 1250. The SMILES string of the molecule is CC[C@H]1CNC[C@H](CCc2c(F)cccc2NC(=O)[C@@H](C)C(c2ccc(Cl)cc2)C2CCOCC2)N1S(C)(=O)=O. The first kappa shape index (κ1) is 30.9. The van der Waals surface area contributed by atoms with Crippen LogP contribution in [0.15, 0.2) is 42.5 Å². The summed E-state index contributed by atoms with van der Waals surface area (Å²) in [7, 11) is -3.43. The molecule has 7 nitrogen and oxygen atoms in total. The lowest BCUT2D eigenvalue weighted by Gasteiger charge is -2.40. The zero-order valence-electron chi connectivity index (χ0n) is 23.5. The second-order valence-electron chi connectivity index (χ2n) is 11.1. The number of nitrogens with zero attached hydrogens (tertiary/aromatic N) is 1. The first-order valence-electron chi connectivity index (χ1n) is 14.2. The maximum atomic E-state index is 15.2. The molecule has 0 aromatic heterocycles. The molecule has 10 heteroatoms. The first-order chi connectivity index (χ1) is 19.1. The van der Waals surface area contributed by atoms with Crippen molar-refractivity contribution in [3.8, 4) is 0 Å². The zero-order chi connectivity index (χ0) is 28.9. The monoisotopic (exact) mass is 593 g/mol. The average Bonchev–Trinajstić information content (AvgIpc) is 2.93. The molecule has 2 heterocycles. The van der Waals surface area contributed by atoms with Gasteiger partial charge in [0.1, 0.15) is 5.82 Å². The molecule has 0 radical (unpaired) electrons. The van der Waals surface area contributed by atoms with Crippen LogP contribution in [0.3, 0.4) is 0 Å². The topological polar surface area (TPSA) is 87.7 Å². The highest BCUT2D eigenvalue weighted by Crippen LogP contribution is 2.39. The molecule has 40 heavy (non-hydrogen) atoms. The standard InChI is InChI=1S/C30H41ClFN3O4S/c1-4-24-18-33-19-25(35(24)40(3,37)38)12-13-26-27(32)6-5-7-28(26)34-30(36)20(2)29(22-14-16-39-17-15-22)21-8-10-23(31)11-9-21/h5-11,20,22,24-25,29,33H,4,12-19H2,1-3H3,(H,34,36)/t20-,24-,25-,29?/m0/s1. The van der Waals surface area contributed by atoms with E-state index in [1.54, 1.807) is 16.4 Å². The highest BCUT2D eigenvalue weighted by atomic mass is 35.5. The van der Waals surface area contributed by atoms with Crippen molar-refractivity contribution >= 4 is 33.2 Å². The third kappa shape index (κ3) is 7.42. The first-order valence-corrected chi connectivity index (χ1v) is 16.4. The minimum Gasteiger partial charge on any atom is -0.381 e. The molecule has 4 atom stereocenters. The molecule has 2 aromatic rings. The minimum atomic E-state index is -3.43. The van der Waals surface area contributed by atoms with Gasteiger partial charge in [-0.25, -0.2) is 12.8 Å². The van der Waals surface area contributed by atoms with Gasteiger partial charge in [-0.1, -0.05) is 43.6 Å². The number of halogens is 2. The van der Waals surface area contributed by atoms with E-state index in [0.717, 1.165) is 18.4 Å². The van der Waals surface area contributed by atoms with Gasteiger partial charge in [0.25, 0.3) is 0 Å². The summed E-state index contributed by atoms with van der Waals surface area (Å²) >= 11 is 6.14. The van der Waals surface area contributed by atoms with Gasteiger partial charge in [0, 0.05) is 60.6 Å². The van der Waals surface area contributed by atoms with Crippen molar-refractivity contribution in [2.45, 2.75) is 64.0 Å². The number of nitrogens with one attached hydrogen (secondary N) is 2. The Kier molecular flexibility index (Phi) is 10.6. The van der Waals surface area contributed by atoms with E-state index < -0.39 is 15.8 Å². The number of hydrogen-bond acceptors (Lipinski definition) is 5. The molecule has 220 valence electrons. The Labute approximate surface area is 242 Å². The van der Waals surface area contributed by atoms with Crippen molar-refractivity contribution < 1.29 is 22.3 Å². The van der Waals surface area contributed by atoms with Crippen LogP contribution >= 0.6 is 11.6 Å². The van der Waals surface area contributed by atoms with Gasteiger partial charge in [0.2, 0.25) is 15.9 Å².